The summed E-state index contributed by atoms with van der Waals surface area (Å²) in [5.74, 6) is -4.42. The Kier molecular flexibility index (Phi) is 25.6. The van der Waals surface area contributed by atoms with Crippen LogP contribution in [0.15, 0.2) is 0 Å². The predicted octanol–water partition coefficient (Wildman–Crippen LogP) is -0.860. The van der Waals surface area contributed by atoms with Crippen molar-refractivity contribution in [1.29, 1.82) is 0 Å². The van der Waals surface area contributed by atoms with Gasteiger partial charge in [-0.2, -0.15) is 0 Å². The van der Waals surface area contributed by atoms with E-state index in [1.807, 2.05) is 0 Å². The summed E-state index contributed by atoms with van der Waals surface area (Å²) >= 11 is 0. The molecule has 0 saturated carbocycles. The van der Waals surface area contributed by atoms with E-state index in [4.69, 9.17) is 33.5 Å². The van der Waals surface area contributed by atoms with E-state index in [0.29, 0.717) is 19.8 Å². The molecule has 1 rings (SSSR count). The fraction of sp³-hybridized carbons (Fsp3) is 0.882. The van der Waals surface area contributed by atoms with Crippen molar-refractivity contribution >= 4 is 23.8 Å². The summed E-state index contributed by atoms with van der Waals surface area (Å²) in [6.45, 7) is 5.66. The van der Waals surface area contributed by atoms with Crippen LogP contribution < -0.4 is 10.6 Å². The van der Waals surface area contributed by atoms with Crippen LogP contribution in [0.25, 0.3) is 0 Å². The number of unbranched alkanes of at least 4 members (excludes halogenated alkanes) is 7. The Bertz CT molecular complexity index is 1010. The van der Waals surface area contributed by atoms with E-state index in [-0.39, 0.29) is 26.4 Å². The van der Waals surface area contributed by atoms with Crippen molar-refractivity contribution in [2.75, 3.05) is 52.9 Å². The van der Waals surface area contributed by atoms with Gasteiger partial charge in [0.05, 0.1) is 58.3 Å². The van der Waals surface area contributed by atoms with Gasteiger partial charge in [-0.1, -0.05) is 51.9 Å². The molecule has 8 N–H and O–H groups in total. The number of carboxylic acids is 1. The second-order valence-electron chi connectivity index (χ2n) is 12.7. The summed E-state index contributed by atoms with van der Waals surface area (Å²) in [6, 6.07) is -3.48. The molecule has 9 atom stereocenters. The molecule has 18 nitrogen and oxygen atoms in total. The molecular formula is C34H62N2O16. The zero-order chi connectivity index (χ0) is 38.9. The molecule has 2 amide bonds. The van der Waals surface area contributed by atoms with Gasteiger partial charge in [0.2, 0.25) is 11.8 Å². The lowest BCUT2D eigenvalue weighted by atomic mass is 10.00. The van der Waals surface area contributed by atoms with E-state index in [9.17, 15) is 44.7 Å². The molecule has 1 saturated heterocycles. The van der Waals surface area contributed by atoms with Gasteiger partial charge in [-0.15, -0.1) is 0 Å². The highest BCUT2D eigenvalue weighted by Crippen LogP contribution is 2.23. The molecule has 1 heterocycles. The van der Waals surface area contributed by atoms with Gasteiger partial charge in [0.25, 0.3) is 0 Å². The second-order valence-corrected chi connectivity index (χ2v) is 12.7. The molecule has 0 aromatic heterocycles. The fourth-order valence-electron chi connectivity index (χ4n) is 5.11. The number of esters is 1. The predicted molar refractivity (Wildman–Crippen MR) is 183 cm³/mol. The number of rotatable bonds is 30. The second kappa shape index (κ2) is 28.0. The molecule has 0 aliphatic carbocycles. The SMILES string of the molecule is CCCCCCCCCCOCCOCCOCCOC(=O)[C@@H](NC(=O)[C@@H](NC(=O)CCC(=O)O)[C@@H](O)CO)[C@@H](C)O[C@@H]1O[C@@H](C)[C@@H](O)[C@@H](O)[C@@H]1O. The van der Waals surface area contributed by atoms with Crippen LogP contribution in [0.2, 0.25) is 0 Å². The summed E-state index contributed by atoms with van der Waals surface area (Å²) in [5, 5.41) is 63.5. The maximum absolute atomic E-state index is 13.2. The van der Waals surface area contributed by atoms with Crippen molar-refractivity contribution in [3.05, 3.63) is 0 Å². The summed E-state index contributed by atoms with van der Waals surface area (Å²) in [7, 11) is 0. The number of aliphatic hydroxyl groups excluding tert-OH is 5. The molecule has 0 aromatic rings. The molecule has 0 aromatic carbocycles. The van der Waals surface area contributed by atoms with Gasteiger partial charge in [-0.05, 0) is 20.3 Å². The Labute approximate surface area is 305 Å². The highest BCUT2D eigenvalue weighted by molar-refractivity contribution is 5.92. The molecule has 52 heavy (non-hydrogen) atoms. The molecule has 304 valence electrons. The first-order chi connectivity index (χ1) is 24.8. The smallest absolute Gasteiger partial charge is 0.331 e. The number of hydrogen-bond donors (Lipinski definition) is 8. The van der Waals surface area contributed by atoms with Crippen molar-refractivity contribution in [3.8, 4) is 0 Å². The van der Waals surface area contributed by atoms with Crippen molar-refractivity contribution in [3.63, 3.8) is 0 Å². The quantitative estimate of drug-likeness (QED) is 0.0327. The van der Waals surface area contributed by atoms with Gasteiger partial charge in [-0.3, -0.25) is 14.4 Å². The molecular weight excluding hydrogens is 692 g/mol. The van der Waals surface area contributed by atoms with E-state index in [1.165, 1.54) is 52.4 Å². The van der Waals surface area contributed by atoms with Gasteiger partial charge in [0, 0.05) is 13.0 Å². The molecule has 1 fully saturated rings. The first kappa shape index (κ1) is 47.5. The number of carbonyl (C=O) groups is 4. The lowest BCUT2D eigenvalue weighted by Crippen LogP contribution is -2.61. The Morgan fingerprint density at radius 2 is 1.29 bits per heavy atom. The zero-order valence-electron chi connectivity index (χ0n) is 30.7. The maximum Gasteiger partial charge on any atom is 0.331 e. The number of aliphatic carboxylic acids is 1. The maximum atomic E-state index is 13.2. The fourth-order valence-corrected chi connectivity index (χ4v) is 5.11. The van der Waals surface area contributed by atoms with Crippen LogP contribution in [0.4, 0.5) is 0 Å². The van der Waals surface area contributed by atoms with E-state index >= 15 is 0 Å². The number of carbonyl (C=O) groups excluding carboxylic acids is 3. The Morgan fingerprint density at radius 1 is 0.731 bits per heavy atom. The first-order valence-electron chi connectivity index (χ1n) is 18.2. The standard InChI is InChI=1S/C34H62N2O16/c1-4-5-6-7-8-9-10-11-14-47-15-16-48-17-18-49-19-20-50-33(46)27(22(2)51-34-31(44)30(43)29(42)23(3)52-34)36-32(45)28(24(38)21-37)35-25(39)12-13-26(40)41/h22-24,27-31,34,37-38,42-44H,4-21H2,1-3H3,(H,35,39)(H,36,45)(H,40,41)/t22-,23+,24+,27+,28+,29-,30-,31+,34-/m1/s1. The van der Waals surface area contributed by atoms with Gasteiger partial charge in [0.1, 0.15) is 37.1 Å². The highest BCUT2D eigenvalue weighted by atomic mass is 16.7. The van der Waals surface area contributed by atoms with E-state index in [0.717, 1.165) is 12.8 Å². The normalized spacial score (nSPS) is 22.6. The Morgan fingerprint density at radius 3 is 1.87 bits per heavy atom. The number of aliphatic hydroxyl groups is 5. The third-order valence-electron chi connectivity index (χ3n) is 8.27. The number of hydrogen-bond acceptors (Lipinski definition) is 15. The van der Waals surface area contributed by atoms with Crippen LogP contribution in [-0.4, -0.2) is 162 Å². The highest BCUT2D eigenvalue weighted by Gasteiger charge is 2.44. The summed E-state index contributed by atoms with van der Waals surface area (Å²) < 4.78 is 32.8. The lowest BCUT2D eigenvalue weighted by molar-refractivity contribution is -0.304. The molecule has 1 aliphatic heterocycles. The zero-order valence-corrected chi connectivity index (χ0v) is 30.7. The lowest BCUT2D eigenvalue weighted by Gasteiger charge is -2.40. The summed E-state index contributed by atoms with van der Waals surface area (Å²) in [6.07, 6.45) is -1.85. The molecule has 0 radical (unpaired) electrons. The van der Waals surface area contributed by atoms with Crippen LogP contribution in [0.3, 0.4) is 0 Å². The van der Waals surface area contributed by atoms with E-state index < -0.39 is 98.2 Å². The minimum Gasteiger partial charge on any atom is -0.481 e. The van der Waals surface area contributed by atoms with Crippen LogP contribution in [0.1, 0.15) is 85.0 Å². The third-order valence-corrected chi connectivity index (χ3v) is 8.27. The first-order valence-corrected chi connectivity index (χ1v) is 18.2. The van der Waals surface area contributed by atoms with Crippen molar-refractivity contribution in [1.82, 2.24) is 10.6 Å². The van der Waals surface area contributed by atoms with Gasteiger partial charge in [-0.25, -0.2) is 4.79 Å². The minimum atomic E-state index is -1.85. The number of amides is 2. The molecule has 0 bridgehead atoms. The molecule has 0 spiro atoms. The molecule has 1 aliphatic rings. The summed E-state index contributed by atoms with van der Waals surface area (Å²) in [5.41, 5.74) is 0. The van der Waals surface area contributed by atoms with Crippen LogP contribution in [-0.2, 0) is 47.6 Å². The van der Waals surface area contributed by atoms with Crippen LogP contribution in [0, 0.1) is 0 Å². The van der Waals surface area contributed by atoms with Crippen molar-refractivity contribution in [2.45, 2.75) is 140 Å². The average molecular weight is 755 g/mol. The van der Waals surface area contributed by atoms with Crippen LogP contribution in [0.5, 0.6) is 0 Å². The van der Waals surface area contributed by atoms with Crippen molar-refractivity contribution in [2.24, 2.45) is 0 Å². The average Bonchev–Trinajstić information content (AvgIpc) is 3.12. The monoisotopic (exact) mass is 754 g/mol. The minimum absolute atomic E-state index is 0.0442. The van der Waals surface area contributed by atoms with Crippen LogP contribution >= 0.6 is 0 Å². The Hall–Kier alpha value is -2.52. The number of nitrogens with one attached hydrogen (secondary N) is 2. The van der Waals surface area contributed by atoms with E-state index in [2.05, 4.69) is 17.6 Å². The van der Waals surface area contributed by atoms with Crippen molar-refractivity contribution < 1.29 is 78.2 Å². The van der Waals surface area contributed by atoms with E-state index in [1.54, 1.807) is 0 Å². The van der Waals surface area contributed by atoms with Gasteiger partial charge < -0.3 is 69.7 Å². The molecule has 0 unspecified atom stereocenters. The Balaban J connectivity index is 2.62. The molecule has 18 heteroatoms. The third kappa shape index (κ3) is 19.5. The van der Waals surface area contributed by atoms with Gasteiger partial charge in [0.15, 0.2) is 12.3 Å². The topological polar surface area (TPSA) is 269 Å². The number of carboxylic acid groups (broad SMARTS) is 1. The summed E-state index contributed by atoms with van der Waals surface area (Å²) in [4.78, 5) is 49.5. The largest absolute Gasteiger partial charge is 0.481 e. The van der Waals surface area contributed by atoms with Gasteiger partial charge >= 0.3 is 11.9 Å². The number of ether oxygens (including phenoxy) is 6.